The number of aliphatic hydroxyl groups excluding tert-OH is 1. The van der Waals surface area contributed by atoms with Gasteiger partial charge in [0.15, 0.2) is 0 Å². The molecule has 0 spiro atoms. The molecule has 0 aliphatic carbocycles. The molecule has 0 unspecified atom stereocenters. The van der Waals surface area contributed by atoms with Crippen molar-refractivity contribution >= 4 is 0 Å². The maximum atomic E-state index is 8.29. The zero-order chi connectivity index (χ0) is 6.24. The molecular weight excluding hydrogens is 100 g/mol. The predicted octanol–water partition coefficient (Wildman–Crippen LogP) is 1.50. The van der Waals surface area contributed by atoms with Gasteiger partial charge in [-0.25, -0.2) is 0 Å². The lowest BCUT2D eigenvalue weighted by Gasteiger charge is -1.80. The van der Waals surface area contributed by atoms with E-state index in [9.17, 15) is 0 Å². The van der Waals surface area contributed by atoms with Crippen LogP contribution in [0, 0.1) is 0 Å². The lowest BCUT2D eigenvalue weighted by atomic mass is 10.3. The topological polar surface area (TPSA) is 20.2 Å². The largest absolute Gasteiger partial charge is 0.396 e. The lowest BCUT2D eigenvalue weighted by molar-refractivity contribution is 0.302. The predicted molar refractivity (Wildman–Crippen MR) is 35.7 cm³/mol. The molecule has 0 radical (unpaired) electrons. The van der Waals surface area contributed by atoms with Crippen molar-refractivity contribution in [3.05, 3.63) is 24.8 Å². The van der Waals surface area contributed by atoms with Crippen LogP contribution < -0.4 is 0 Å². The van der Waals surface area contributed by atoms with Gasteiger partial charge in [0.05, 0.1) is 0 Å². The van der Waals surface area contributed by atoms with Crippen molar-refractivity contribution in [2.24, 2.45) is 0 Å². The maximum Gasteiger partial charge on any atom is 0.0465 e. The van der Waals surface area contributed by atoms with E-state index < -0.39 is 0 Å². The second-order valence-electron chi connectivity index (χ2n) is 1.51. The summed E-state index contributed by atoms with van der Waals surface area (Å²) in [6.45, 7) is 3.79. The maximum absolute atomic E-state index is 8.29. The second kappa shape index (κ2) is 6.44. The Bertz CT molecular complexity index is 74.5. The molecule has 0 aliphatic rings. The van der Waals surface area contributed by atoms with E-state index in [0.29, 0.717) is 0 Å². The Morgan fingerprint density at radius 3 is 2.62 bits per heavy atom. The minimum Gasteiger partial charge on any atom is -0.396 e. The molecule has 46 valence electrons. The summed E-state index contributed by atoms with van der Waals surface area (Å²) in [6.07, 6.45) is 7.42. The minimum atomic E-state index is 0.244. The molecule has 0 aromatic rings. The Balaban J connectivity index is 2.94. The Labute approximate surface area is 50.3 Å². The smallest absolute Gasteiger partial charge is 0.0465 e. The highest BCUT2D eigenvalue weighted by Gasteiger charge is 1.70. The Morgan fingerprint density at radius 2 is 2.12 bits per heavy atom. The lowest BCUT2D eigenvalue weighted by Crippen LogP contribution is -1.74. The SMILES string of the molecule is C=CCC=CCCO. The van der Waals surface area contributed by atoms with Crippen LogP contribution in [-0.4, -0.2) is 11.7 Å². The van der Waals surface area contributed by atoms with Crippen molar-refractivity contribution in [3.63, 3.8) is 0 Å². The summed E-state index contributed by atoms with van der Waals surface area (Å²) in [7, 11) is 0. The highest BCUT2D eigenvalue weighted by molar-refractivity contribution is 4.87. The van der Waals surface area contributed by atoms with Crippen molar-refractivity contribution in [2.45, 2.75) is 12.8 Å². The van der Waals surface area contributed by atoms with Crippen LogP contribution in [-0.2, 0) is 0 Å². The number of rotatable bonds is 4. The summed E-state index contributed by atoms with van der Waals surface area (Å²) in [5, 5.41) is 8.29. The van der Waals surface area contributed by atoms with Gasteiger partial charge in [0.25, 0.3) is 0 Å². The number of aliphatic hydroxyl groups is 1. The quantitative estimate of drug-likeness (QED) is 0.546. The van der Waals surface area contributed by atoms with Crippen LogP contribution in [0.2, 0.25) is 0 Å². The third-order valence-electron chi connectivity index (χ3n) is 0.765. The molecule has 1 heteroatoms. The standard InChI is InChI=1S/C7H12O/c1-2-3-4-5-6-7-8/h2,4-5,8H,1,3,6-7H2. The van der Waals surface area contributed by atoms with Crippen LogP contribution in [0.25, 0.3) is 0 Å². The van der Waals surface area contributed by atoms with Crippen LogP contribution in [0.4, 0.5) is 0 Å². The molecule has 1 N–H and O–H groups in total. The first kappa shape index (κ1) is 7.44. The molecule has 0 aromatic heterocycles. The highest BCUT2D eigenvalue weighted by atomic mass is 16.2. The van der Waals surface area contributed by atoms with Crippen LogP contribution in [0.1, 0.15) is 12.8 Å². The van der Waals surface area contributed by atoms with E-state index in [0.717, 1.165) is 12.8 Å². The number of hydrogen-bond donors (Lipinski definition) is 1. The van der Waals surface area contributed by atoms with Gasteiger partial charge in [-0.2, -0.15) is 0 Å². The number of hydrogen-bond acceptors (Lipinski definition) is 1. The summed E-state index contributed by atoms with van der Waals surface area (Å²) in [6, 6.07) is 0. The Hall–Kier alpha value is -0.560. The van der Waals surface area contributed by atoms with Crippen LogP contribution in [0.5, 0.6) is 0 Å². The van der Waals surface area contributed by atoms with Gasteiger partial charge < -0.3 is 5.11 Å². The number of allylic oxidation sites excluding steroid dienone is 2. The fraction of sp³-hybridized carbons (Fsp3) is 0.429. The van der Waals surface area contributed by atoms with E-state index >= 15 is 0 Å². The first-order chi connectivity index (χ1) is 3.91. The third-order valence-corrected chi connectivity index (χ3v) is 0.765. The monoisotopic (exact) mass is 112 g/mol. The molecule has 1 nitrogen and oxygen atoms in total. The van der Waals surface area contributed by atoms with Crippen molar-refractivity contribution in [1.29, 1.82) is 0 Å². The summed E-state index contributed by atoms with van der Waals surface area (Å²) in [4.78, 5) is 0. The molecule has 0 fully saturated rings. The fourth-order valence-corrected chi connectivity index (χ4v) is 0.385. The van der Waals surface area contributed by atoms with Crippen molar-refractivity contribution < 1.29 is 5.11 Å². The van der Waals surface area contributed by atoms with E-state index in [-0.39, 0.29) is 6.61 Å². The minimum absolute atomic E-state index is 0.244. The van der Waals surface area contributed by atoms with Crippen molar-refractivity contribution in [2.75, 3.05) is 6.61 Å². The van der Waals surface area contributed by atoms with Gasteiger partial charge in [-0.3, -0.25) is 0 Å². The Kier molecular flexibility index (Phi) is 5.99. The summed E-state index contributed by atoms with van der Waals surface area (Å²) in [5.74, 6) is 0. The van der Waals surface area contributed by atoms with Gasteiger partial charge in [0.1, 0.15) is 0 Å². The second-order valence-corrected chi connectivity index (χ2v) is 1.51. The molecule has 0 heterocycles. The van der Waals surface area contributed by atoms with Gasteiger partial charge in [0, 0.05) is 6.61 Å². The first-order valence-corrected chi connectivity index (χ1v) is 2.78. The van der Waals surface area contributed by atoms with Gasteiger partial charge >= 0.3 is 0 Å². The molecule has 0 rings (SSSR count). The molecule has 0 aromatic carbocycles. The molecule has 0 saturated carbocycles. The van der Waals surface area contributed by atoms with Crippen molar-refractivity contribution in [3.8, 4) is 0 Å². The normalized spacial score (nSPS) is 10.1. The highest BCUT2D eigenvalue weighted by Crippen LogP contribution is 1.85. The van der Waals surface area contributed by atoms with Crippen LogP contribution in [0.3, 0.4) is 0 Å². The van der Waals surface area contributed by atoms with Crippen LogP contribution >= 0.6 is 0 Å². The van der Waals surface area contributed by atoms with E-state index in [4.69, 9.17) is 5.11 Å². The average molecular weight is 112 g/mol. The molecular formula is C7H12O. The molecule has 0 saturated heterocycles. The van der Waals surface area contributed by atoms with E-state index in [1.165, 1.54) is 0 Å². The zero-order valence-electron chi connectivity index (χ0n) is 5.01. The zero-order valence-corrected chi connectivity index (χ0v) is 5.01. The van der Waals surface area contributed by atoms with E-state index in [1.807, 2.05) is 18.2 Å². The van der Waals surface area contributed by atoms with Gasteiger partial charge in [-0.15, -0.1) is 6.58 Å². The molecule has 8 heavy (non-hydrogen) atoms. The molecule has 0 atom stereocenters. The van der Waals surface area contributed by atoms with Gasteiger partial charge in [0.2, 0.25) is 0 Å². The fourth-order valence-electron chi connectivity index (χ4n) is 0.385. The molecule has 0 bridgehead atoms. The third kappa shape index (κ3) is 5.44. The molecule has 0 aliphatic heterocycles. The first-order valence-electron chi connectivity index (χ1n) is 2.78. The summed E-state index contributed by atoms with van der Waals surface area (Å²) in [5.41, 5.74) is 0. The summed E-state index contributed by atoms with van der Waals surface area (Å²) < 4.78 is 0. The average Bonchev–Trinajstić information content (AvgIpc) is 1.81. The van der Waals surface area contributed by atoms with Gasteiger partial charge in [-0.05, 0) is 12.8 Å². The Morgan fingerprint density at radius 1 is 1.38 bits per heavy atom. The van der Waals surface area contributed by atoms with Gasteiger partial charge in [-0.1, -0.05) is 18.2 Å². The summed E-state index contributed by atoms with van der Waals surface area (Å²) >= 11 is 0. The van der Waals surface area contributed by atoms with Crippen LogP contribution in [0.15, 0.2) is 24.8 Å². The van der Waals surface area contributed by atoms with E-state index in [1.54, 1.807) is 0 Å². The molecule has 0 amide bonds. The van der Waals surface area contributed by atoms with Crippen molar-refractivity contribution in [1.82, 2.24) is 0 Å². The van der Waals surface area contributed by atoms with E-state index in [2.05, 4.69) is 6.58 Å².